The van der Waals surface area contributed by atoms with Gasteiger partial charge in [-0.25, -0.2) is 9.67 Å². The van der Waals surface area contributed by atoms with E-state index in [1.54, 1.807) is 30.2 Å². The number of nitrogens with zero attached hydrogens (tertiary/aromatic N) is 4. The van der Waals surface area contributed by atoms with Crippen LogP contribution in [-0.2, 0) is 13.1 Å². The second kappa shape index (κ2) is 11.6. The highest BCUT2D eigenvalue weighted by molar-refractivity contribution is 5.79. The normalized spacial score (nSPS) is 11.5. The van der Waals surface area contributed by atoms with Crippen LogP contribution in [0.5, 0.6) is 11.5 Å². The molecule has 0 aliphatic carbocycles. The molecule has 0 aliphatic heterocycles. The van der Waals surface area contributed by atoms with Gasteiger partial charge in [0.1, 0.15) is 24.2 Å². The number of hydrogen-bond donors (Lipinski definition) is 2. The van der Waals surface area contributed by atoms with Crippen molar-refractivity contribution in [2.75, 3.05) is 13.7 Å². The Hall–Kier alpha value is -3.69. The summed E-state index contributed by atoms with van der Waals surface area (Å²) in [4.78, 5) is 8.12. The average molecular weight is 444 g/mol. The number of halogens is 2. The molecule has 8 nitrogen and oxygen atoms in total. The third-order valence-corrected chi connectivity index (χ3v) is 4.48. The molecular weight excluding hydrogens is 418 g/mol. The predicted octanol–water partition coefficient (Wildman–Crippen LogP) is 3.52. The molecule has 0 saturated carbocycles. The Morgan fingerprint density at radius 2 is 1.91 bits per heavy atom. The maximum absolute atomic E-state index is 12.8. The number of guanidine groups is 1. The number of aliphatic imine (C=N–C) groups is 1. The lowest BCUT2D eigenvalue weighted by atomic mass is 10.2. The van der Waals surface area contributed by atoms with Crippen LogP contribution < -0.4 is 20.1 Å². The molecule has 0 unspecified atom stereocenters. The summed E-state index contributed by atoms with van der Waals surface area (Å²) in [5, 5.41) is 10.4. The Morgan fingerprint density at radius 1 is 1.12 bits per heavy atom. The van der Waals surface area contributed by atoms with Gasteiger partial charge in [-0.1, -0.05) is 19.1 Å². The quantitative estimate of drug-likeness (QED) is 0.368. The van der Waals surface area contributed by atoms with Crippen molar-refractivity contribution in [2.45, 2.75) is 33.0 Å². The van der Waals surface area contributed by atoms with E-state index in [1.165, 1.54) is 12.4 Å². The fourth-order valence-corrected chi connectivity index (χ4v) is 2.89. The van der Waals surface area contributed by atoms with Gasteiger partial charge in [0.05, 0.1) is 12.3 Å². The number of hydrogen-bond acceptors (Lipinski definition) is 5. The van der Waals surface area contributed by atoms with E-state index < -0.39 is 6.61 Å². The number of aromatic nitrogens is 3. The average Bonchev–Trinajstić information content (AvgIpc) is 3.34. The van der Waals surface area contributed by atoms with E-state index >= 15 is 0 Å². The largest absolute Gasteiger partial charge is 0.493 e. The third-order valence-electron chi connectivity index (χ3n) is 4.48. The van der Waals surface area contributed by atoms with Crippen molar-refractivity contribution in [2.24, 2.45) is 4.99 Å². The third kappa shape index (κ3) is 6.66. The minimum Gasteiger partial charge on any atom is -0.493 e. The number of ether oxygens (including phenoxy) is 2. The molecule has 0 bridgehead atoms. The Labute approximate surface area is 185 Å². The number of alkyl halides is 2. The van der Waals surface area contributed by atoms with E-state index in [4.69, 9.17) is 4.74 Å². The van der Waals surface area contributed by atoms with Crippen molar-refractivity contribution in [1.29, 1.82) is 0 Å². The van der Waals surface area contributed by atoms with Crippen molar-refractivity contribution in [3.63, 3.8) is 0 Å². The second-order valence-electron chi connectivity index (χ2n) is 6.78. The van der Waals surface area contributed by atoms with Gasteiger partial charge in [0.2, 0.25) is 0 Å². The van der Waals surface area contributed by atoms with Gasteiger partial charge in [0.25, 0.3) is 0 Å². The molecule has 2 aromatic carbocycles. The van der Waals surface area contributed by atoms with Gasteiger partial charge in [-0.2, -0.15) is 13.9 Å². The van der Waals surface area contributed by atoms with Crippen LogP contribution in [0.15, 0.2) is 60.1 Å². The molecule has 0 amide bonds. The van der Waals surface area contributed by atoms with Gasteiger partial charge < -0.3 is 20.1 Å². The maximum Gasteiger partial charge on any atom is 0.387 e. The number of nitrogens with one attached hydrogen (secondary N) is 2. The lowest BCUT2D eigenvalue weighted by molar-refractivity contribution is -0.0505. The molecule has 2 N–H and O–H groups in total. The maximum atomic E-state index is 12.8. The van der Waals surface area contributed by atoms with Crippen LogP contribution in [0.2, 0.25) is 0 Å². The molecular formula is C22H26F2N6O2. The molecule has 0 saturated heterocycles. The summed E-state index contributed by atoms with van der Waals surface area (Å²) < 4.78 is 37.6. The molecule has 3 aromatic rings. The monoisotopic (exact) mass is 444 g/mol. The highest BCUT2D eigenvalue weighted by Crippen LogP contribution is 2.26. The van der Waals surface area contributed by atoms with E-state index in [2.05, 4.69) is 30.4 Å². The highest BCUT2D eigenvalue weighted by Gasteiger charge is 2.12. The van der Waals surface area contributed by atoms with E-state index in [-0.39, 0.29) is 12.3 Å². The van der Waals surface area contributed by atoms with Crippen LogP contribution in [0.3, 0.4) is 0 Å². The van der Waals surface area contributed by atoms with Gasteiger partial charge in [0.15, 0.2) is 5.96 Å². The van der Waals surface area contributed by atoms with Crippen molar-refractivity contribution in [1.82, 2.24) is 25.4 Å². The minimum atomic E-state index is -2.92. The summed E-state index contributed by atoms with van der Waals surface area (Å²) in [5.74, 6) is 1.09. The molecule has 1 aromatic heterocycles. The molecule has 0 fully saturated rings. The van der Waals surface area contributed by atoms with Crippen LogP contribution in [-0.4, -0.2) is 41.0 Å². The Balaban J connectivity index is 1.57. The van der Waals surface area contributed by atoms with E-state index in [9.17, 15) is 8.78 Å². The first-order valence-electron chi connectivity index (χ1n) is 10.2. The molecule has 32 heavy (non-hydrogen) atoms. The summed E-state index contributed by atoms with van der Waals surface area (Å²) in [6.45, 7) is 0.330. The van der Waals surface area contributed by atoms with Crippen LogP contribution in [0.1, 0.15) is 24.5 Å². The molecule has 0 radical (unpaired) electrons. The van der Waals surface area contributed by atoms with Crippen molar-refractivity contribution >= 4 is 5.96 Å². The zero-order valence-electron chi connectivity index (χ0n) is 18.0. The molecule has 1 heterocycles. The summed E-state index contributed by atoms with van der Waals surface area (Å²) >= 11 is 0. The van der Waals surface area contributed by atoms with Crippen LogP contribution >= 0.6 is 0 Å². The van der Waals surface area contributed by atoms with Gasteiger partial charge >= 0.3 is 6.61 Å². The number of benzene rings is 2. The minimum absolute atomic E-state index is 0.0697. The first-order valence-corrected chi connectivity index (χ1v) is 10.2. The first kappa shape index (κ1) is 23.0. The second-order valence-corrected chi connectivity index (χ2v) is 6.78. The molecule has 0 atom stereocenters. The first-order chi connectivity index (χ1) is 15.6. The Bertz CT molecular complexity index is 994. The predicted molar refractivity (Wildman–Crippen MR) is 117 cm³/mol. The topological polar surface area (TPSA) is 85.6 Å². The van der Waals surface area contributed by atoms with Gasteiger partial charge in [-0.05, 0) is 36.2 Å². The summed E-state index contributed by atoms with van der Waals surface area (Å²) in [5.41, 5.74) is 2.51. The van der Waals surface area contributed by atoms with Gasteiger partial charge in [0, 0.05) is 31.8 Å². The lowest BCUT2D eigenvalue weighted by Crippen LogP contribution is -2.36. The fraction of sp³-hybridized carbons (Fsp3) is 0.318. The Kier molecular flexibility index (Phi) is 8.36. The summed E-state index contributed by atoms with van der Waals surface area (Å²) in [6, 6.07) is 12.7. The lowest BCUT2D eigenvalue weighted by Gasteiger charge is -2.16. The highest BCUT2D eigenvalue weighted by atomic mass is 19.3. The summed E-state index contributed by atoms with van der Waals surface area (Å²) in [6.07, 6.45) is 3.93. The van der Waals surface area contributed by atoms with Crippen molar-refractivity contribution < 1.29 is 18.3 Å². The Morgan fingerprint density at radius 3 is 2.56 bits per heavy atom. The molecule has 0 aliphatic rings. The van der Waals surface area contributed by atoms with E-state index in [1.807, 2.05) is 31.2 Å². The van der Waals surface area contributed by atoms with Gasteiger partial charge in [-0.15, -0.1) is 0 Å². The molecule has 10 heteroatoms. The molecule has 170 valence electrons. The summed E-state index contributed by atoms with van der Waals surface area (Å²) in [7, 11) is 1.64. The molecule has 0 spiro atoms. The van der Waals surface area contributed by atoms with Crippen LogP contribution in [0.25, 0.3) is 5.69 Å². The van der Waals surface area contributed by atoms with Crippen molar-refractivity contribution in [3.05, 3.63) is 66.2 Å². The molecule has 3 rings (SSSR count). The van der Waals surface area contributed by atoms with Crippen LogP contribution in [0.4, 0.5) is 8.78 Å². The van der Waals surface area contributed by atoms with E-state index in [0.717, 1.165) is 17.7 Å². The van der Waals surface area contributed by atoms with E-state index in [0.29, 0.717) is 30.4 Å². The van der Waals surface area contributed by atoms with Crippen LogP contribution in [0, 0.1) is 0 Å². The SMILES string of the molecule is CCCOc1ccc(CNC(=NC)NCc2ccc(-n3cncn3)cc2)c(OC(F)F)c1. The zero-order valence-corrected chi connectivity index (χ0v) is 18.0. The standard InChI is InChI=1S/C22H26F2N6O2/c1-3-10-31-19-9-6-17(20(11-19)32-21(23)24)13-28-22(25-2)27-12-16-4-7-18(8-5-16)30-15-26-14-29-30/h4-9,11,14-15,21H,3,10,12-13H2,1-2H3,(H2,25,27,28). The van der Waals surface area contributed by atoms with Gasteiger partial charge in [-0.3, -0.25) is 4.99 Å². The number of rotatable bonds is 10. The zero-order chi connectivity index (χ0) is 22.8. The fourth-order valence-electron chi connectivity index (χ4n) is 2.89. The smallest absolute Gasteiger partial charge is 0.387 e. The van der Waals surface area contributed by atoms with Crippen molar-refractivity contribution in [3.8, 4) is 17.2 Å².